The second-order valence-electron chi connectivity index (χ2n) is 6.14. The van der Waals surface area contributed by atoms with Crippen molar-refractivity contribution >= 4 is 6.09 Å². The summed E-state index contributed by atoms with van der Waals surface area (Å²) in [6, 6.07) is 13.8. The molecule has 0 aromatic heterocycles. The van der Waals surface area contributed by atoms with Crippen molar-refractivity contribution in [2.24, 2.45) is 0 Å². The summed E-state index contributed by atoms with van der Waals surface area (Å²) in [5.41, 5.74) is 1.39. The topological polar surface area (TPSA) is 90.8 Å². The molecule has 2 unspecified atom stereocenters. The highest BCUT2D eigenvalue weighted by molar-refractivity contribution is 5.65. The first-order chi connectivity index (χ1) is 13.2. The molecule has 6 nitrogen and oxygen atoms in total. The van der Waals surface area contributed by atoms with Gasteiger partial charge in [0.25, 0.3) is 0 Å². The van der Waals surface area contributed by atoms with Crippen molar-refractivity contribution in [3.05, 3.63) is 65.7 Å². The number of ether oxygens (including phenoxy) is 1. The number of aliphatic hydroxyl groups excluding tert-OH is 1. The van der Waals surface area contributed by atoms with Gasteiger partial charge in [-0.15, -0.1) is 13.2 Å². The van der Waals surface area contributed by atoms with Gasteiger partial charge in [-0.1, -0.05) is 42.5 Å². The molecule has 0 radical (unpaired) electrons. The van der Waals surface area contributed by atoms with E-state index in [1.54, 1.807) is 6.07 Å². The Morgan fingerprint density at radius 3 is 2.39 bits per heavy atom. The molecule has 152 valence electrons. The summed E-state index contributed by atoms with van der Waals surface area (Å²) in [7, 11) is 0. The summed E-state index contributed by atoms with van der Waals surface area (Å²) in [5, 5.41) is 24.5. The van der Waals surface area contributed by atoms with Gasteiger partial charge in [-0.05, 0) is 29.7 Å². The molecular weight excluding hydrogens is 377 g/mol. The van der Waals surface area contributed by atoms with Crippen molar-refractivity contribution in [2.45, 2.75) is 31.5 Å². The lowest BCUT2D eigenvalue weighted by atomic mass is 10.0. The van der Waals surface area contributed by atoms with Gasteiger partial charge in [-0.25, -0.2) is 4.79 Å². The molecule has 0 saturated carbocycles. The van der Waals surface area contributed by atoms with Crippen molar-refractivity contribution < 1.29 is 32.9 Å². The van der Waals surface area contributed by atoms with E-state index >= 15 is 0 Å². The van der Waals surface area contributed by atoms with Gasteiger partial charge in [0, 0.05) is 13.1 Å². The number of halogens is 3. The minimum atomic E-state index is -4.77. The van der Waals surface area contributed by atoms with Crippen LogP contribution in [0.4, 0.5) is 18.0 Å². The van der Waals surface area contributed by atoms with Crippen LogP contribution in [0.2, 0.25) is 0 Å². The van der Waals surface area contributed by atoms with Crippen LogP contribution in [0, 0.1) is 0 Å². The van der Waals surface area contributed by atoms with E-state index in [2.05, 4.69) is 15.4 Å². The number of benzene rings is 2. The maximum absolute atomic E-state index is 12.3. The number of amides is 1. The van der Waals surface area contributed by atoms with Gasteiger partial charge in [0.15, 0.2) is 0 Å². The van der Waals surface area contributed by atoms with Crippen molar-refractivity contribution in [1.82, 2.24) is 10.6 Å². The first-order valence-corrected chi connectivity index (χ1v) is 8.50. The molecule has 0 aliphatic rings. The molecule has 2 aromatic rings. The maximum atomic E-state index is 12.3. The van der Waals surface area contributed by atoms with E-state index in [9.17, 15) is 23.1 Å². The predicted octanol–water partition coefficient (Wildman–Crippen LogP) is 2.91. The Morgan fingerprint density at radius 2 is 1.75 bits per heavy atom. The molecule has 2 atom stereocenters. The Morgan fingerprint density at radius 1 is 1.07 bits per heavy atom. The molecule has 0 fully saturated rings. The fraction of sp³-hybridized carbons (Fsp3) is 0.316. The lowest BCUT2D eigenvalue weighted by Crippen LogP contribution is -2.48. The quantitative estimate of drug-likeness (QED) is 0.522. The minimum Gasteiger partial charge on any atom is -0.465 e. The normalized spacial score (nSPS) is 13.6. The van der Waals surface area contributed by atoms with Crippen molar-refractivity contribution in [3.63, 3.8) is 0 Å². The standard InChI is InChI=1S/C19H21F3N2O4/c20-19(21,22)28-15-8-4-7-14(9-15)11-23-12-17(25)16(24-18(26)27)10-13-5-2-1-3-6-13/h1-9,16-17,23-25H,10-12H2,(H,26,27). The van der Waals surface area contributed by atoms with E-state index in [-0.39, 0.29) is 18.8 Å². The number of alkyl halides is 3. The highest BCUT2D eigenvalue weighted by Crippen LogP contribution is 2.23. The Hall–Kier alpha value is -2.78. The van der Waals surface area contributed by atoms with E-state index in [1.807, 2.05) is 30.3 Å². The largest absolute Gasteiger partial charge is 0.573 e. The lowest BCUT2D eigenvalue weighted by Gasteiger charge is -2.23. The molecule has 2 rings (SSSR count). The Balaban J connectivity index is 1.90. The second-order valence-corrected chi connectivity index (χ2v) is 6.14. The number of rotatable bonds is 9. The van der Waals surface area contributed by atoms with Crippen LogP contribution in [0.1, 0.15) is 11.1 Å². The van der Waals surface area contributed by atoms with Crippen LogP contribution < -0.4 is 15.4 Å². The monoisotopic (exact) mass is 398 g/mol. The van der Waals surface area contributed by atoms with Crippen LogP contribution >= 0.6 is 0 Å². The van der Waals surface area contributed by atoms with Crippen LogP contribution in [0.5, 0.6) is 5.75 Å². The molecule has 0 bridgehead atoms. The number of hydrogen-bond donors (Lipinski definition) is 4. The SMILES string of the molecule is O=C(O)NC(Cc1ccccc1)C(O)CNCc1cccc(OC(F)(F)F)c1. The number of nitrogens with one attached hydrogen (secondary N) is 2. The number of aliphatic hydroxyl groups is 1. The Labute approximate surface area is 160 Å². The van der Waals surface area contributed by atoms with Gasteiger partial charge in [0.1, 0.15) is 5.75 Å². The molecule has 1 amide bonds. The zero-order valence-electron chi connectivity index (χ0n) is 14.8. The van der Waals surface area contributed by atoms with E-state index in [0.29, 0.717) is 12.0 Å². The zero-order chi connectivity index (χ0) is 20.6. The summed E-state index contributed by atoms with van der Waals surface area (Å²) < 4.78 is 40.7. The third-order valence-electron chi connectivity index (χ3n) is 3.89. The molecule has 4 N–H and O–H groups in total. The smallest absolute Gasteiger partial charge is 0.465 e. The molecule has 0 saturated heterocycles. The summed E-state index contributed by atoms with van der Waals surface area (Å²) in [6.45, 7) is 0.222. The highest BCUT2D eigenvalue weighted by atomic mass is 19.4. The third-order valence-corrected chi connectivity index (χ3v) is 3.89. The van der Waals surface area contributed by atoms with Gasteiger partial charge >= 0.3 is 12.5 Å². The van der Waals surface area contributed by atoms with Gasteiger partial charge in [0.2, 0.25) is 0 Å². The number of carboxylic acid groups (broad SMARTS) is 1. The lowest BCUT2D eigenvalue weighted by molar-refractivity contribution is -0.274. The molecule has 28 heavy (non-hydrogen) atoms. The molecule has 0 heterocycles. The van der Waals surface area contributed by atoms with E-state index in [0.717, 1.165) is 5.56 Å². The van der Waals surface area contributed by atoms with Crippen LogP contribution in [-0.4, -0.2) is 41.4 Å². The Bertz CT molecular complexity index is 756. The highest BCUT2D eigenvalue weighted by Gasteiger charge is 2.31. The van der Waals surface area contributed by atoms with E-state index < -0.39 is 24.6 Å². The van der Waals surface area contributed by atoms with Gasteiger partial charge in [-0.2, -0.15) is 0 Å². The molecule has 9 heteroatoms. The summed E-state index contributed by atoms with van der Waals surface area (Å²) in [4.78, 5) is 11.0. The molecule has 0 spiro atoms. The van der Waals surface area contributed by atoms with Gasteiger partial charge in [-0.3, -0.25) is 0 Å². The summed E-state index contributed by atoms with van der Waals surface area (Å²) in [6.07, 6.45) is -6.76. The van der Waals surface area contributed by atoms with Crippen molar-refractivity contribution in [3.8, 4) is 5.75 Å². The second kappa shape index (κ2) is 9.95. The van der Waals surface area contributed by atoms with Crippen LogP contribution in [0.25, 0.3) is 0 Å². The molecule has 0 aliphatic carbocycles. The minimum absolute atomic E-state index is 0.0438. The summed E-state index contributed by atoms with van der Waals surface area (Å²) in [5.74, 6) is -0.332. The molecule has 2 aromatic carbocycles. The first kappa shape index (κ1) is 21.5. The first-order valence-electron chi connectivity index (χ1n) is 8.50. The summed E-state index contributed by atoms with van der Waals surface area (Å²) >= 11 is 0. The van der Waals surface area contributed by atoms with E-state index in [4.69, 9.17) is 5.11 Å². The van der Waals surface area contributed by atoms with Crippen molar-refractivity contribution in [1.29, 1.82) is 0 Å². The van der Waals surface area contributed by atoms with Crippen LogP contribution in [0.3, 0.4) is 0 Å². The van der Waals surface area contributed by atoms with Crippen LogP contribution in [-0.2, 0) is 13.0 Å². The Kier molecular flexibility index (Phi) is 7.65. The predicted molar refractivity (Wildman–Crippen MR) is 95.9 cm³/mol. The maximum Gasteiger partial charge on any atom is 0.573 e. The fourth-order valence-electron chi connectivity index (χ4n) is 2.67. The van der Waals surface area contributed by atoms with Gasteiger partial charge in [0.05, 0.1) is 12.1 Å². The average molecular weight is 398 g/mol. The number of carbonyl (C=O) groups is 1. The average Bonchev–Trinajstić information content (AvgIpc) is 2.60. The van der Waals surface area contributed by atoms with Crippen molar-refractivity contribution in [2.75, 3.05) is 6.54 Å². The number of hydrogen-bond acceptors (Lipinski definition) is 4. The van der Waals surface area contributed by atoms with Crippen LogP contribution in [0.15, 0.2) is 54.6 Å². The third kappa shape index (κ3) is 7.85. The van der Waals surface area contributed by atoms with Gasteiger partial charge < -0.3 is 25.6 Å². The fourth-order valence-corrected chi connectivity index (χ4v) is 2.67. The van der Waals surface area contributed by atoms with E-state index in [1.165, 1.54) is 18.2 Å². The molecular formula is C19H21F3N2O4. The zero-order valence-corrected chi connectivity index (χ0v) is 14.8. The molecule has 0 aliphatic heterocycles.